The largest absolute Gasteiger partial charge is 0.495 e. The molecule has 0 unspecified atom stereocenters. The van der Waals surface area contributed by atoms with Crippen molar-refractivity contribution in [2.24, 2.45) is 0 Å². The Kier molecular flexibility index (Phi) is 7.31. The molecule has 0 saturated carbocycles. The van der Waals surface area contributed by atoms with Crippen LogP contribution in [0.5, 0.6) is 11.5 Å². The first-order valence-electron chi connectivity index (χ1n) is 10.7. The van der Waals surface area contributed by atoms with E-state index in [1.807, 2.05) is 0 Å². The van der Waals surface area contributed by atoms with E-state index in [0.717, 1.165) is 4.90 Å². The number of imide groups is 2. The van der Waals surface area contributed by atoms with Gasteiger partial charge in [0, 0.05) is 10.6 Å². The molecule has 2 N–H and O–H groups in total. The number of benzene rings is 3. The molecule has 4 rings (SSSR count). The lowest BCUT2D eigenvalue weighted by molar-refractivity contribution is -0.122. The molecule has 0 aliphatic carbocycles. The third kappa shape index (κ3) is 5.37. The summed E-state index contributed by atoms with van der Waals surface area (Å²) in [5.74, 6) is -1.44. The lowest BCUT2D eigenvalue weighted by Gasteiger charge is -2.26. The predicted octanol–water partition coefficient (Wildman–Crippen LogP) is 4.03. The minimum absolute atomic E-state index is 0.200. The van der Waals surface area contributed by atoms with Gasteiger partial charge in [0.05, 0.1) is 18.5 Å². The highest BCUT2D eigenvalue weighted by Crippen LogP contribution is 2.28. The second-order valence-electron chi connectivity index (χ2n) is 7.51. The van der Waals surface area contributed by atoms with Crippen molar-refractivity contribution >= 4 is 52.8 Å². The van der Waals surface area contributed by atoms with Crippen LogP contribution in [0.1, 0.15) is 5.56 Å². The van der Waals surface area contributed by atoms with Gasteiger partial charge in [-0.2, -0.15) is 0 Å². The molecule has 0 aromatic heterocycles. The smallest absolute Gasteiger partial charge is 0.335 e. The maximum atomic E-state index is 13.1. The van der Waals surface area contributed by atoms with E-state index in [4.69, 9.17) is 21.1 Å². The first kappa shape index (κ1) is 24.5. The zero-order valence-electron chi connectivity index (χ0n) is 19.0. The molecule has 3 aromatic carbocycles. The number of hydrogen-bond acceptors (Lipinski definition) is 6. The van der Waals surface area contributed by atoms with E-state index in [1.54, 1.807) is 60.7 Å². The molecule has 1 fully saturated rings. The van der Waals surface area contributed by atoms with Crippen molar-refractivity contribution in [1.82, 2.24) is 5.32 Å². The maximum absolute atomic E-state index is 13.1. The van der Waals surface area contributed by atoms with Gasteiger partial charge < -0.3 is 14.8 Å². The molecule has 0 bridgehead atoms. The topological polar surface area (TPSA) is 114 Å². The van der Waals surface area contributed by atoms with Crippen molar-refractivity contribution in [1.29, 1.82) is 0 Å². The van der Waals surface area contributed by atoms with Crippen LogP contribution < -0.4 is 25.0 Å². The Morgan fingerprint density at radius 2 is 1.72 bits per heavy atom. The molecular formula is C26H20ClN3O6. The third-order valence-electron chi connectivity index (χ3n) is 5.13. The molecular weight excluding hydrogens is 486 g/mol. The third-order valence-corrected chi connectivity index (χ3v) is 5.36. The van der Waals surface area contributed by atoms with Crippen molar-refractivity contribution in [3.05, 3.63) is 89.0 Å². The van der Waals surface area contributed by atoms with Crippen molar-refractivity contribution in [2.45, 2.75) is 0 Å². The number of halogens is 1. The summed E-state index contributed by atoms with van der Waals surface area (Å²) in [7, 11) is 1.49. The highest BCUT2D eigenvalue weighted by atomic mass is 35.5. The van der Waals surface area contributed by atoms with Gasteiger partial charge >= 0.3 is 6.03 Å². The number of ether oxygens (including phenoxy) is 2. The standard InChI is InChI=1S/C26H20ClN3O6/c1-35-22-10-6-5-9-20(22)28-23(31)15-36-21-12-11-17(27)13-16(21)14-19-24(32)29-26(34)30(25(19)33)18-7-3-2-4-8-18/h2-14H,15H2,1H3,(H,28,31)(H,29,32,34)/b19-14-. The van der Waals surface area contributed by atoms with Crippen molar-refractivity contribution in [3.8, 4) is 11.5 Å². The van der Waals surface area contributed by atoms with Crippen molar-refractivity contribution < 1.29 is 28.7 Å². The molecule has 3 aromatic rings. The van der Waals surface area contributed by atoms with E-state index in [0.29, 0.717) is 22.1 Å². The minimum Gasteiger partial charge on any atom is -0.495 e. The van der Waals surface area contributed by atoms with Gasteiger partial charge in [-0.1, -0.05) is 41.9 Å². The monoisotopic (exact) mass is 505 g/mol. The molecule has 1 heterocycles. The second kappa shape index (κ2) is 10.7. The zero-order chi connectivity index (χ0) is 25.7. The number of carbonyl (C=O) groups is 4. The van der Waals surface area contributed by atoms with Crippen LogP contribution in [0, 0.1) is 0 Å². The number of rotatable bonds is 7. The number of nitrogens with one attached hydrogen (secondary N) is 2. The fraction of sp³-hybridized carbons (Fsp3) is 0.0769. The Morgan fingerprint density at radius 3 is 2.47 bits per heavy atom. The van der Waals surface area contributed by atoms with Crippen LogP contribution in [0.2, 0.25) is 5.02 Å². The first-order chi connectivity index (χ1) is 17.4. The van der Waals surface area contributed by atoms with E-state index in [9.17, 15) is 19.2 Å². The summed E-state index contributed by atoms with van der Waals surface area (Å²) in [5.41, 5.74) is 0.744. The molecule has 9 nitrogen and oxygen atoms in total. The van der Waals surface area contributed by atoms with E-state index in [-0.39, 0.29) is 23.5 Å². The highest BCUT2D eigenvalue weighted by Gasteiger charge is 2.36. The number of barbiturate groups is 1. The number of anilines is 2. The van der Waals surface area contributed by atoms with Gasteiger partial charge in [0.15, 0.2) is 6.61 Å². The number of amides is 5. The predicted molar refractivity (Wildman–Crippen MR) is 134 cm³/mol. The number of urea groups is 1. The Balaban J connectivity index is 1.57. The summed E-state index contributed by atoms with van der Waals surface area (Å²) in [6.07, 6.45) is 1.26. The Labute approximate surface area is 211 Å². The summed E-state index contributed by atoms with van der Waals surface area (Å²) in [4.78, 5) is 51.3. The van der Waals surface area contributed by atoms with Crippen LogP contribution in [0.25, 0.3) is 6.08 Å². The second-order valence-corrected chi connectivity index (χ2v) is 7.95. The molecule has 0 atom stereocenters. The van der Waals surface area contributed by atoms with Gasteiger partial charge in [-0.05, 0) is 48.5 Å². The van der Waals surface area contributed by atoms with Crippen LogP contribution in [-0.4, -0.2) is 37.5 Å². The van der Waals surface area contributed by atoms with Gasteiger partial charge in [0.25, 0.3) is 17.7 Å². The average molecular weight is 506 g/mol. The van der Waals surface area contributed by atoms with Crippen LogP contribution in [-0.2, 0) is 14.4 Å². The number of carbonyl (C=O) groups excluding carboxylic acids is 4. The fourth-order valence-electron chi connectivity index (χ4n) is 3.47. The Hall–Kier alpha value is -4.63. The summed E-state index contributed by atoms with van der Waals surface area (Å²) >= 11 is 6.13. The van der Waals surface area contributed by atoms with E-state index >= 15 is 0 Å². The quantitative estimate of drug-likeness (QED) is 0.370. The molecule has 182 valence electrons. The lowest BCUT2D eigenvalue weighted by Crippen LogP contribution is -2.54. The number of hydrogen-bond donors (Lipinski definition) is 2. The van der Waals surface area contributed by atoms with Gasteiger partial charge in [0.2, 0.25) is 0 Å². The summed E-state index contributed by atoms with van der Waals surface area (Å²) in [6.45, 7) is -0.370. The minimum atomic E-state index is -0.864. The first-order valence-corrected chi connectivity index (χ1v) is 11.1. The SMILES string of the molecule is COc1ccccc1NC(=O)COc1ccc(Cl)cc1/C=C1/C(=O)NC(=O)N(c2ccccc2)C1=O. The fourth-order valence-corrected chi connectivity index (χ4v) is 3.65. The molecule has 0 spiro atoms. The van der Waals surface area contributed by atoms with Crippen LogP contribution in [0.3, 0.4) is 0 Å². The van der Waals surface area contributed by atoms with E-state index < -0.39 is 23.8 Å². The van der Waals surface area contributed by atoms with Crippen molar-refractivity contribution in [3.63, 3.8) is 0 Å². The van der Waals surface area contributed by atoms with Gasteiger partial charge in [0.1, 0.15) is 17.1 Å². The molecule has 1 saturated heterocycles. The number of para-hydroxylation sites is 3. The molecule has 5 amide bonds. The Morgan fingerprint density at radius 1 is 1.00 bits per heavy atom. The van der Waals surface area contributed by atoms with E-state index in [1.165, 1.54) is 25.3 Å². The molecule has 10 heteroatoms. The average Bonchev–Trinajstić information content (AvgIpc) is 2.87. The maximum Gasteiger partial charge on any atom is 0.335 e. The number of methoxy groups -OCH3 is 1. The number of nitrogens with zero attached hydrogens (tertiary/aromatic N) is 1. The molecule has 1 aliphatic heterocycles. The van der Waals surface area contributed by atoms with Crippen LogP contribution in [0.4, 0.5) is 16.2 Å². The highest BCUT2D eigenvalue weighted by molar-refractivity contribution is 6.39. The molecule has 36 heavy (non-hydrogen) atoms. The van der Waals surface area contributed by atoms with Gasteiger partial charge in [-0.3, -0.25) is 19.7 Å². The van der Waals surface area contributed by atoms with Crippen LogP contribution >= 0.6 is 11.6 Å². The summed E-state index contributed by atoms with van der Waals surface area (Å²) in [6, 6.07) is 18.8. The summed E-state index contributed by atoms with van der Waals surface area (Å²) < 4.78 is 10.9. The molecule has 0 radical (unpaired) electrons. The summed E-state index contributed by atoms with van der Waals surface area (Å²) in [5, 5.41) is 5.17. The van der Waals surface area contributed by atoms with Gasteiger partial charge in [-0.25, -0.2) is 9.69 Å². The van der Waals surface area contributed by atoms with E-state index in [2.05, 4.69) is 10.6 Å². The van der Waals surface area contributed by atoms with Gasteiger partial charge in [-0.15, -0.1) is 0 Å². The van der Waals surface area contributed by atoms with Crippen molar-refractivity contribution in [2.75, 3.05) is 23.9 Å². The van der Waals surface area contributed by atoms with Crippen LogP contribution in [0.15, 0.2) is 78.4 Å². The lowest BCUT2D eigenvalue weighted by atomic mass is 10.1. The Bertz CT molecular complexity index is 1370. The zero-order valence-corrected chi connectivity index (χ0v) is 19.7. The molecule has 1 aliphatic rings. The normalized spacial score (nSPS) is 14.4.